The van der Waals surface area contributed by atoms with Gasteiger partial charge in [-0.05, 0) is 18.6 Å². The molecule has 4 nitrogen and oxygen atoms in total. The number of halogens is 1. The van der Waals surface area contributed by atoms with Crippen LogP contribution in [0.1, 0.15) is 17.2 Å². The maximum Gasteiger partial charge on any atom is 0.164 e. The van der Waals surface area contributed by atoms with E-state index in [1.807, 2.05) is 0 Å². The molecule has 1 aromatic rings. The Labute approximate surface area is 93.2 Å². The molecule has 4 N–H and O–H groups in total. The van der Waals surface area contributed by atoms with Crippen LogP contribution in [0.5, 0.6) is 11.5 Å². The molecule has 0 fully saturated rings. The van der Waals surface area contributed by atoms with Crippen molar-refractivity contribution < 1.29 is 14.9 Å². The van der Waals surface area contributed by atoms with Gasteiger partial charge < -0.3 is 20.7 Å². The van der Waals surface area contributed by atoms with Crippen LogP contribution in [0, 0.1) is 6.92 Å². The van der Waals surface area contributed by atoms with E-state index in [1.54, 1.807) is 13.0 Å². The van der Waals surface area contributed by atoms with Gasteiger partial charge in [-0.1, -0.05) is 11.6 Å². The molecule has 15 heavy (non-hydrogen) atoms. The summed E-state index contributed by atoms with van der Waals surface area (Å²) < 4.78 is 4.97. The number of benzene rings is 1. The molecule has 0 bridgehead atoms. The zero-order chi connectivity index (χ0) is 11.6. The lowest BCUT2D eigenvalue weighted by molar-refractivity contribution is 0.264. The predicted molar refractivity (Wildman–Crippen MR) is 58.4 cm³/mol. The quantitative estimate of drug-likeness (QED) is 0.734. The minimum atomic E-state index is -0.716. The molecular weight excluding hydrogens is 218 g/mol. The van der Waals surface area contributed by atoms with Crippen molar-refractivity contribution in [3.63, 3.8) is 0 Å². The van der Waals surface area contributed by atoms with E-state index in [-0.39, 0.29) is 12.4 Å². The van der Waals surface area contributed by atoms with Gasteiger partial charge in [-0.25, -0.2) is 0 Å². The zero-order valence-electron chi connectivity index (χ0n) is 8.62. The Hall–Kier alpha value is -0.970. The molecule has 5 heteroatoms. The van der Waals surface area contributed by atoms with Crippen LogP contribution < -0.4 is 10.5 Å². The van der Waals surface area contributed by atoms with Crippen molar-refractivity contribution in [3.05, 3.63) is 22.2 Å². The summed E-state index contributed by atoms with van der Waals surface area (Å²) in [7, 11) is 1.44. The number of aromatic hydroxyl groups is 1. The van der Waals surface area contributed by atoms with Crippen molar-refractivity contribution in [2.75, 3.05) is 13.7 Å². The summed E-state index contributed by atoms with van der Waals surface area (Å²) >= 11 is 5.99. The van der Waals surface area contributed by atoms with Gasteiger partial charge in [0.25, 0.3) is 0 Å². The van der Waals surface area contributed by atoms with E-state index in [9.17, 15) is 5.11 Å². The highest BCUT2D eigenvalue weighted by Crippen LogP contribution is 2.40. The standard InChI is InChI=1S/C10H14ClNO3/c1-5-3-7(15-2)10(14)8(9(5)11)6(12)4-13/h3,6,13-14H,4,12H2,1-2H3. The van der Waals surface area contributed by atoms with Gasteiger partial charge in [0, 0.05) is 5.56 Å². The summed E-state index contributed by atoms with van der Waals surface area (Å²) in [5.41, 5.74) is 6.70. The first-order valence-electron chi connectivity index (χ1n) is 4.45. The van der Waals surface area contributed by atoms with Gasteiger partial charge in [0.1, 0.15) is 0 Å². The van der Waals surface area contributed by atoms with Crippen molar-refractivity contribution in [2.45, 2.75) is 13.0 Å². The number of methoxy groups -OCH3 is 1. The summed E-state index contributed by atoms with van der Waals surface area (Å²) in [6.45, 7) is 1.48. The molecule has 0 saturated heterocycles. The SMILES string of the molecule is COc1cc(C)c(Cl)c(C(N)CO)c1O. The van der Waals surface area contributed by atoms with E-state index in [0.717, 1.165) is 5.56 Å². The van der Waals surface area contributed by atoms with Crippen LogP contribution in [0.3, 0.4) is 0 Å². The zero-order valence-corrected chi connectivity index (χ0v) is 9.38. The van der Waals surface area contributed by atoms with Crippen LogP contribution in [-0.2, 0) is 0 Å². The topological polar surface area (TPSA) is 75.7 Å². The highest BCUT2D eigenvalue weighted by molar-refractivity contribution is 6.32. The fourth-order valence-corrected chi connectivity index (χ4v) is 1.65. The number of hydrogen-bond acceptors (Lipinski definition) is 4. The van der Waals surface area contributed by atoms with E-state index in [0.29, 0.717) is 16.3 Å². The Balaban J connectivity index is 3.40. The van der Waals surface area contributed by atoms with Gasteiger partial charge in [-0.2, -0.15) is 0 Å². The largest absolute Gasteiger partial charge is 0.504 e. The monoisotopic (exact) mass is 231 g/mol. The summed E-state index contributed by atoms with van der Waals surface area (Å²) in [5.74, 6) is 0.186. The third kappa shape index (κ3) is 2.17. The molecule has 0 saturated carbocycles. The molecule has 1 unspecified atom stereocenters. The van der Waals surface area contributed by atoms with E-state index in [4.69, 9.17) is 27.2 Å². The first kappa shape index (κ1) is 12.1. The number of rotatable bonds is 3. The minimum Gasteiger partial charge on any atom is -0.504 e. The summed E-state index contributed by atoms with van der Waals surface area (Å²) in [6.07, 6.45) is 0. The molecule has 0 amide bonds. The van der Waals surface area contributed by atoms with E-state index < -0.39 is 6.04 Å². The molecule has 1 aromatic carbocycles. The van der Waals surface area contributed by atoms with Gasteiger partial charge in [-0.15, -0.1) is 0 Å². The fraction of sp³-hybridized carbons (Fsp3) is 0.400. The molecule has 0 aliphatic rings. The highest BCUT2D eigenvalue weighted by atomic mass is 35.5. The minimum absolute atomic E-state index is 0.116. The van der Waals surface area contributed by atoms with Crippen LogP contribution >= 0.6 is 11.6 Å². The summed E-state index contributed by atoms with van der Waals surface area (Å²) in [6, 6.07) is 0.900. The fourth-order valence-electron chi connectivity index (χ4n) is 1.36. The van der Waals surface area contributed by atoms with E-state index in [1.165, 1.54) is 7.11 Å². The number of phenolic OH excluding ortho intramolecular Hbond substituents is 1. The summed E-state index contributed by atoms with van der Waals surface area (Å²) in [5, 5.41) is 19.1. The molecule has 1 rings (SSSR count). The maximum absolute atomic E-state index is 9.80. The first-order chi connectivity index (χ1) is 7.02. The van der Waals surface area contributed by atoms with Crippen molar-refractivity contribution in [2.24, 2.45) is 5.73 Å². The lowest BCUT2D eigenvalue weighted by atomic mass is 10.0. The molecule has 0 spiro atoms. The molecule has 0 aliphatic heterocycles. The smallest absolute Gasteiger partial charge is 0.164 e. The van der Waals surface area contributed by atoms with Crippen molar-refractivity contribution in [1.82, 2.24) is 0 Å². The molecule has 0 aliphatic carbocycles. The van der Waals surface area contributed by atoms with Gasteiger partial charge in [-0.3, -0.25) is 0 Å². The number of nitrogens with two attached hydrogens (primary N) is 1. The Kier molecular flexibility index (Phi) is 3.79. The molecular formula is C10H14ClNO3. The third-order valence-electron chi connectivity index (χ3n) is 2.21. The van der Waals surface area contributed by atoms with E-state index in [2.05, 4.69) is 0 Å². The number of aryl methyl sites for hydroxylation is 1. The van der Waals surface area contributed by atoms with E-state index >= 15 is 0 Å². The average molecular weight is 232 g/mol. The normalized spacial score (nSPS) is 12.6. The second-order valence-electron chi connectivity index (χ2n) is 3.26. The first-order valence-corrected chi connectivity index (χ1v) is 4.83. The average Bonchev–Trinajstić information content (AvgIpc) is 2.23. The van der Waals surface area contributed by atoms with Gasteiger partial charge in [0.15, 0.2) is 11.5 Å². The second-order valence-corrected chi connectivity index (χ2v) is 3.64. The molecule has 0 radical (unpaired) electrons. The maximum atomic E-state index is 9.80. The number of aliphatic hydroxyl groups excluding tert-OH is 1. The van der Waals surface area contributed by atoms with Crippen molar-refractivity contribution in [3.8, 4) is 11.5 Å². The predicted octanol–water partition coefficient (Wildman–Crippen LogP) is 1.35. The van der Waals surface area contributed by atoms with Crippen LogP contribution in [0.4, 0.5) is 0 Å². The Morgan fingerprint density at radius 1 is 1.60 bits per heavy atom. The van der Waals surface area contributed by atoms with Gasteiger partial charge >= 0.3 is 0 Å². The number of aliphatic hydroxyl groups is 1. The number of ether oxygens (including phenoxy) is 1. The van der Waals surface area contributed by atoms with Crippen LogP contribution in [-0.4, -0.2) is 23.9 Å². The highest BCUT2D eigenvalue weighted by Gasteiger charge is 2.19. The number of phenols is 1. The Morgan fingerprint density at radius 2 is 2.20 bits per heavy atom. The molecule has 0 heterocycles. The lowest BCUT2D eigenvalue weighted by Crippen LogP contribution is -2.15. The Bertz CT molecular complexity index is 368. The molecule has 84 valence electrons. The van der Waals surface area contributed by atoms with Gasteiger partial charge in [0.05, 0.1) is 24.8 Å². The second kappa shape index (κ2) is 4.70. The third-order valence-corrected chi connectivity index (χ3v) is 2.71. The Morgan fingerprint density at radius 3 is 2.67 bits per heavy atom. The van der Waals surface area contributed by atoms with Crippen LogP contribution in [0.25, 0.3) is 0 Å². The number of hydrogen-bond donors (Lipinski definition) is 3. The van der Waals surface area contributed by atoms with Crippen molar-refractivity contribution in [1.29, 1.82) is 0 Å². The van der Waals surface area contributed by atoms with Crippen molar-refractivity contribution >= 4 is 11.6 Å². The van der Waals surface area contributed by atoms with Crippen LogP contribution in [0.15, 0.2) is 6.07 Å². The van der Waals surface area contributed by atoms with Gasteiger partial charge in [0.2, 0.25) is 0 Å². The molecule has 1 atom stereocenters. The summed E-state index contributed by atoms with van der Waals surface area (Å²) in [4.78, 5) is 0. The molecule has 0 aromatic heterocycles. The van der Waals surface area contributed by atoms with Crippen LogP contribution in [0.2, 0.25) is 5.02 Å². The lowest BCUT2D eigenvalue weighted by Gasteiger charge is -2.16.